The van der Waals surface area contributed by atoms with Crippen molar-refractivity contribution in [3.05, 3.63) is 42.2 Å². The molecule has 0 radical (unpaired) electrons. The Balaban J connectivity index is 0.000000671. The Bertz CT molecular complexity index is 745. The molecule has 0 saturated carbocycles. The van der Waals surface area contributed by atoms with Gasteiger partial charge in [0, 0.05) is 5.69 Å². The van der Waals surface area contributed by atoms with E-state index in [1.54, 1.807) is 6.20 Å². The minimum absolute atomic E-state index is 0.0967. The molecule has 24 heavy (non-hydrogen) atoms. The third-order valence-corrected chi connectivity index (χ3v) is 2.75. The lowest BCUT2D eigenvalue weighted by molar-refractivity contribution is 1.03. The number of fused-ring (bicyclic) bond motifs is 1. The summed E-state index contributed by atoms with van der Waals surface area (Å²) in [6.07, 6.45) is 1.64. The molecular weight excluding hydrogens is 302 g/mol. The first-order valence-corrected chi connectivity index (χ1v) is 8.06. The normalized spacial score (nSPS) is 9.33. The summed E-state index contributed by atoms with van der Waals surface area (Å²) in [6.45, 7) is 8.54. The van der Waals surface area contributed by atoms with Gasteiger partial charge in [-0.05, 0) is 12.1 Å². The van der Waals surface area contributed by atoms with Crippen molar-refractivity contribution < 1.29 is 0 Å². The molecule has 7 heteroatoms. The summed E-state index contributed by atoms with van der Waals surface area (Å²) in [7, 11) is 0. The molecule has 0 bridgehead atoms. The standard InChI is InChI=1S/C13H13N7.2C2H6/c14-11-10-12(20-13(15)19-11)17-7-9(18-10)6-16-8-4-2-1-3-5-8;2*1-2/h1-5,7,16H,6H2,(H4,14,15,17,19,20);2*1-2H3. The highest BCUT2D eigenvalue weighted by Crippen LogP contribution is 2.15. The van der Waals surface area contributed by atoms with E-state index in [1.807, 2.05) is 58.0 Å². The Morgan fingerprint density at radius 2 is 1.58 bits per heavy atom. The zero-order valence-electron chi connectivity index (χ0n) is 14.6. The summed E-state index contributed by atoms with van der Waals surface area (Å²) >= 11 is 0. The number of nitrogens with zero attached hydrogens (tertiary/aromatic N) is 4. The minimum Gasteiger partial charge on any atom is -0.382 e. The van der Waals surface area contributed by atoms with E-state index in [4.69, 9.17) is 11.5 Å². The molecule has 0 aliphatic carbocycles. The molecule has 2 aromatic heterocycles. The fourth-order valence-corrected chi connectivity index (χ4v) is 1.82. The Morgan fingerprint density at radius 1 is 0.917 bits per heavy atom. The molecule has 0 atom stereocenters. The summed E-state index contributed by atoms with van der Waals surface area (Å²) in [4.78, 5) is 16.5. The Morgan fingerprint density at radius 3 is 2.25 bits per heavy atom. The van der Waals surface area contributed by atoms with Crippen molar-refractivity contribution in [2.24, 2.45) is 0 Å². The molecule has 0 amide bonds. The van der Waals surface area contributed by atoms with Crippen LogP contribution < -0.4 is 16.8 Å². The lowest BCUT2D eigenvalue weighted by atomic mass is 10.3. The number of anilines is 3. The number of para-hydroxylation sites is 1. The molecule has 0 spiro atoms. The fraction of sp³-hybridized carbons (Fsp3) is 0.294. The molecule has 128 valence electrons. The number of hydrogen-bond donors (Lipinski definition) is 3. The molecule has 1 aromatic carbocycles. The van der Waals surface area contributed by atoms with Crippen LogP contribution in [0.2, 0.25) is 0 Å². The van der Waals surface area contributed by atoms with Crippen molar-refractivity contribution in [3.63, 3.8) is 0 Å². The van der Waals surface area contributed by atoms with Gasteiger partial charge in [0.2, 0.25) is 5.95 Å². The van der Waals surface area contributed by atoms with Crippen LogP contribution in [0.4, 0.5) is 17.5 Å². The monoisotopic (exact) mass is 327 g/mol. The van der Waals surface area contributed by atoms with Crippen LogP contribution in [0.5, 0.6) is 0 Å². The predicted molar refractivity (Wildman–Crippen MR) is 100 cm³/mol. The molecule has 0 unspecified atom stereocenters. The Labute approximate surface area is 142 Å². The zero-order chi connectivity index (χ0) is 17.9. The van der Waals surface area contributed by atoms with Crippen LogP contribution >= 0.6 is 0 Å². The van der Waals surface area contributed by atoms with Crippen molar-refractivity contribution in [1.29, 1.82) is 0 Å². The summed E-state index contributed by atoms with van der Waals surface area (Å²) in [5.41, 5.74) is 13.9. The van der Waals surface area contributed by atoms with E-state index >= 15 is 0 Å². The summed E-state index contributed by atoms with van der Waals surface area (Å²) in [5, 5.41) is 3.25. The van der Waals surface area contributed by atoms with Gasteiger partial charge in [0.25, 0.3) is 0 Å². The first kappa shape index (κ1) is 19.1. The zero-order valence-corrected chi connectivity index (χ0v) is 14.6. The van der Waals surface area contributed by atoms with Crippen LogP contribution in [0.1, 0.15) is 33.4 Å². The van der Waals surface area contributed by atoms with Gasteiger partial charge in [-0.25, -0.2) is 9.97 Å². The third kappa shape index (κ3) is 5.05. The molecule has 0 saturated heterocycles. The summed E-state index contributed by atoms with van der Waals surface area (Å²) < 4.78 is 0. The molecular formula is C17H25N7. The number of aromatic nitrogens is 4. The van der Waals surface area contributed by atoms with Crippen LogP contribution in [-0.4, -0.2) is 19.9 Å². The van der Waals surface area contributed by atoms with Crippen molar-refractivity contribution in [1.82, 2.24) is 19.9 Å². The van der Waals surface area contributed by atoms with Crippen molar-refractivity contribution in [3.8, 4) is 0 Å². The number of nitrogens with one attached hydrogen (secondary N) is 1. The van der Waals surface area contributed by atoms with Crippen molar-refractivity contribution >= 4 is 28.6 Å². The summed E-state index contributed by atoms with van der Waals surface area (Å²) in [5.74, 6) is 0.334. The quantitative estimate of drug-likeness (QED) is 0.676. The van der Waals surface area contributed by atoms with Crippen LogP contribution in [-0.2, 0) is 6.54 Å². The van der Waals surface area contributed by atoms with E-state index in [0.717, 1.165) is 11.4 Å². The maximum absolute atomic E-state index is 5.78. The maximum atomic E-state index is 5.78. The molecule has 0 fully saturated rings. The van der Waals surface area contributed by atoms with Gasteiger partial charge in [-0.1, -0.05) is 45.9 Å². The number of nitrogens with two attached hydrogens (primary N) is 2. The number of benzene rings is 1. The average molecular weight is 327 g/mol. The van der Waals surface area contributed by atoms with E-state index in [9.17, 15) is 0 Å². The van der Waals surface area contributed by atoms with Crippen LogP contribution in [0.3, 0.4) is 0 Å². The van der Waals surface area contributed by atoms with Gasteiger partial charge in [0.15, 0.2) is 17.0 Å². The first-order valence-electron chi connectivity index (χ1n) is 8.06. The fourth-order valence-electron chi connectivity index (χ4n) is 1.82. The van der Waals surface area contributed by atoms with Gasteiger partial charge >= 0.3 is 0 Å². The van der Waals surface area contributed by atoms with Crippen molar-refractivity contribution in [2.75, 3.05) is 16.8 Å². The lowest BCUT2D eigenvalue weighted by Crippen LogP contribution is -2.06. The molecule has 2 heterocycles. The van der Waals surface area contributed by atoms with Crippen LogP contribution in [0, 0.1) is 0 Å². The number of rotatable bonds is 3. The predicted octanol–water partition coefficient (Wildman–Crippen LogP) is 3.25. The van der Waals surface area contributed by atoms with E-state index in [2.05, 4.69) is 25.3 Å². The lowest BCUT2D eigenvalue weighted by Gasteiger charge is -2.07. The van der Waals surface area contributed by atoms with Gasteiger partial charge in [-0.2, -0.15) is 9.97 Å². The molecule has 7 nitrogen and oxygen atoms in total. The second-order valence-electron chi connectivity index (χ2n) is 4.22. The molecule has 0 aliphatic rings. The Kier molecular flexibility index (Phi) is 7.90. The number of nitrogen functional groups attached to an aromatic ring is 2. The molecule has 0 aliphatic heterocycles. The van der Waals surface area contributed by atoms with Gasteiger partial charge < -0.3 is 16.8 Å². The third-order valence-electron chi connectivity index (χ3n) is 2.75. The minimum atomic E-state index is 0.0967. The second-order valence-corrected chi connectivity index (χ2v) is 4.22. The van der Waals surface area contributed by atoms with Gasteiger partial charge in [-0.15, -0.1) is 0 Å². The van der Waals surface area contributed by atoms with E-state index in [0.29, 0.717) is 17.7 Å². The SMILES string of the molecule is CC.CC.Nc1nc(N)c2nc(CNc3ccccc3)cnc2n1. The van der Waals surface area contributed by atoms with E-state index in [1.165, 1.54) is 0 Å². The second kappa shape index (κ2) is 9.94. The smallest absolute Gasteiger partial charge is 0.224 e. The van der Waals surface area contributed by atoms with Gasteiger partial charge in [0.05, 0.1) is 18.4 Å². The van der Waals surface area contributed by atoms with Crippen LogP contribution in [0.25, 0.3) is 11.2 Å². The van der Waals surface area contributed by atoms with Crippen LogP contribution in [0.15, 0.2) is 36.5 Å². The maximum Gasteiger partial charge on any atom is 0.224 e. The highest BCUT2D eigenvalue weighted by atomic mass is 15.1. The highest BCUT2D eigenvalue weighted by molar-refractivity contribution is 5.81. The largest absolute Gasteiger partial charge is 0.382 e. The first-order chi connectivity index (χ1) is 11.7. The summed E-state index contributed by atoms with van der Waals surface area (Å²) in [6, 6.07) is 9.84. The Hall–Kier alpha value is -2.96. The highest BCUT2D eigenvalue weighted by Gasteiger charge is 2.07. The molecule has 3 aromatic rings. The van der Waals surface area contributed by atoms with E-state index in [-0.39, 0.29) is 11.8 Å². The van der Waals surface area contributed by atoms with Crippen molar-refractivity contribution in [2.45, 2.75) is 34.2 Å². The average Bonchev–Trinajstić information content (AvgIpc) is 2.64. The van der Waals surface area contributed by atoms with Gasteiger partial charge in [0.1, 0.15) is 0 Å². The topological polar surface area (TPSA) is 116 Å². The molecule has 5 N–H and O–H groups in total. The number of hydrogen-bond acceptors (Lipinski definition) is 7. The van der Waals surface area contributed by atoms with E-state index < -0.39 is 0 Å². The van der Waals surface area contributed by atoms with Gasteiger partial charge in [-0.3, -0.25) is 0 Å². The molecule has 3 rings (SSSR count).